The molecule has 0 saturated heterocycles. The average Bonchev–Trinajstić information content (AvgIpc) is 2.98. The quantitative estimate of drug-likeness (QED) is 0.541. The zero-order valence-corrected chi connectivity index (χ0v) is 23.7. The Balaban J connectivity index is 1.58. The van der Waals surface area contributed by atoms with Gasteiger partial charge in [0.25, 0.3) is 0 Å². The molecular weight excluding hydrogens is 528 g/mol. The smallest absolute Gasteiger partial charge is 0.165 e. The van der Waals surface area contributed by atoms with Crippen LogP contribution in [0.25, 0.3) is 0 Å². The Bertz CT molecular complexity index is 842. The van der Waals surface area contributed by atoms with Gasteiger partial charge in [0.1, 0.15) is 26.4 Å². The van der Waals surface area contributed by atoms with Gasteiger partial charge in [0.15, 0.2) is 46.0 Å². The highest BCUT2D eigenvalue weighted by Gasteiger charge is 2.15. The number of ether oxygens (including phenoxy) is 12. The second kappa shape index (κ2) is 18.1. The first-order valence-electron chi connectivity index (χ1n) is 13.0. The van der Waals surface area contributed by atoms with E-state index in [9.17, 15) is 0 Å². The van der Waals surface area contributed by atoms with Gasteiger partial charge in [-0.15, -0.1) is 0 Å². The first-order valence-corrected chi connectivity index (χ1v) is 13.0. The van der Waals surface area contributed by atoms with Crippen molar-refractivity contribution < 1.29 is 56.8 Å². The number of rotatable bonds is 4. The van der Waals surface area contributed by atoms with Gasteiger partial charge < -0.3 is 56.8 Å². The van der Waals surface area contributed by atoms with Gasteiger partial charge in [0, 0.05) is 24.3 Å². The van der Waals surface area contributed by atoms with Crippen molar-refractivity contribution in [2.24, 2.45) is 0 Å². The van der Waals surface area contributed by atoms with Crippen LogP contribution in [0.4, 0.5) is 0 Å². The molecule has 1 heterocycles. The van der Waals surface area contributed by atoms with Gasteiger partial charge in [-0.25, -0.2) is 0 Å². The fourth-order valence-electron chi connectivity index (χ4n) is 3.62. The van der Waals surface area contributed by atoms with Crippen molar-refractivity contribution in [3.63, 3.8) is 0 Å². The Morgan fingerprint density at radius 1 is 0.350 bits per heavy atom. The molecular formula is C28H40O12. The number of hydrogen-bond donors (Lipinski definition) is 0. The van der Waals surface area contributed by atoms with Crippen molar-refractivity contribution in [2.45, 2.75) is 0 Å². The lowest BCUT2D eigenvalue weighted by Gasteiger charge is -2.17. The maximum absolute atomic E-state index is 5.90. The molecule has 3 rings (SSSR count). The summed E-state index contributed by atoms with van der Waals surface area (Å²) in [6.07, 6.45) is 0. The minimum atomic E-state index is 0.310. The highest BCUT2D eigenvalue weighted by atomic mass is 16.6. The minimum Gasteiger partial charge on any atom is -0.493 e. The number of methoxy groups -OCH3 is 4. The Morgan fingerprint density at radius 2 is 0.550 bits per heavy atom. The van der Waals surface area contributed by atoms with Crippen LogP contribution in [0.15, 0.2) is 24.3 Å². The normalized spacial score (nSPS) is 16.7. The molecule has 2 aromatic rings. The molecule has 0 spiro atoms. The predicted octanol–water partition coefficient (Wildman–Crippen LogP) is 3.02. The molecule has 224 valence electrons. The van der Waals surface area contributed by atoms with E-state index in [-0.39, 0.29) is 0 Å². The fourth-order valence-corrected chi connectivity index (χ4v) is 3.62. The summed E-state index contributed by atoms with van der Waals surface area (Å²) in [6.45, 7) is 4.31. The molecule has 0 saturated carbocycles. The molecule has 0 fully saturated rings. The molecule has 0 unspecified atom stereocenters. The third-order valence-electron chi connectivity index (χ3n) is 5.58. The van der Waals surface area contributed by atoms with Crippen molar-refractivity contribution in [2.75, 3.05) is 108 Å². The highest BCUT2D eigenvalue weighted by molar-refractivity contribution is 5.55. The van der Waals surface area contributed by atoms with Crippen LogP contribution in [0.5, 0.6) is 46.0 Å². The lowest BCUT2D eigenvalue weighted by molar-refractivity contribution is 0.0222. The van der Waals surface area contributed by atoms with Gasteiger partial charge in [-0.2, -0.15) is 0 Å². The van der Waals surface area contributed by atoms with Crippen LogP contribution >= 0.6 is 0 Å². The van der Waals surface area contributed by atoms with E-state index < -0.39 is 0 Å². The summed E-state index contributed by atoms with van der Waals surface area (Å²) >= 11 is 0. The Morgan fingerprint density at radius 3 is 0.750 bits per heavy atom. The Labute approximate surface area is 235 Å². The summed E-state index contributed by atoms with van der Waals surface area (Å²) in [4.78, 5) is 0. The molecule has 0 aliphatic carbocycles. The molecule has 12 nitrogen and oxygen atoms in total. The van der Waals surface area contributed by atoms with E-state index in [2.05, 4.69) is 0 Å². The van der Waals surface area contributed by atoms with Crippen LogP contribution in [0, 0.1) is 0 Å². The van der Waals surface area contributed by atoms with Crippen LogP contribution in [-0.2, 0) is 18.9 Å². The van der Waals surface area contributed by atoms with Gasteiger partial charge in [0.2, 0.25) is 0 Å². The van der Waals surface area contributed by atoms with Crippen LogP contribution in [0.1, 0.15) is 0 Å². The summed E-state index contributed by atoms with van der Waals surface area (Å²) in [6, 6.07) is 6.90. The number of hydrogen-bond acceptors (Lipinski definition) is 12. The second-order valence-electron chi connectivity index (χ2n) is 8.15. The SMILES string of the molecule is COc1cc2c(cc1OC)OCCOCCOCCOc1cc(OC)c(OC)cc1OCCOCCOCCO2. The van der Waals surface area contributed by atoms with E-state index in [1.807, 2.05) is 0 Å². The third-order valence-corrected chi connectivity index (χ3v) is 5.58. The van der Waals surface area contributed by atoms with Crippen LogP contribution in [-0.4, -0.2) is 108 Å². The second-order valence-corrected chi connectivity index (χ2v) is 8.15. The molecule has 0 bridgehead atoms. The van der Waals surface area contributed by atoms with Gasteiger partial charge in [-0.05, 0) is 0 Å². The molecule has 12 heteroatoms. The molecule has 0 amide bonds. The summed E-state index contributed by atoms with van der Waals surface area (Å²) in [5, 5.41) is 0. The summed E-state index contributed by atoms with van der Waals surface area (Å²) in [7, 11) is 6.25. The summed E-state index contributed by atoms with van der Waals surface area (Å²) < 4.78 is 67.7. The number of fused-ring (bicyclic) bond motifs is 2. The van der Waals surface area contributed by atoms with Crippen LogP contribution < -0.4 is 37.9 Å². The topological polar surface area (TPSA) is 111 Å². The van der Waals surface area contributed by atoms with Gasteiger partial charge in [-0.1, -0.05) is 0 Å². The van der Waals surface area contributed by atoms with Crippen molar-refractivity contribution in [3.05, 3.63) is 24.3 Å². The monoisotopic (exact) mass is 568 g/mol. The fraction of sp³-hybridized carbons (Fsp3) is 0.571. The first-order chi connectivity index (χ1) is 19.7. The summed E-state index contributed by atoms with van der Waals surface area (Å²) in [5.74, 6) is 4.20. The maximum Gasteiger partial charge on any atom is 0.165 e. The molecule has 0 N–H and O–H groups in total. The zero-order chi connectivity index (χ0) is 28.4. The molecule has 40 heavy (non-hydrogen) atoms. The standard InChI is InChI=1S/C28H40O12/c1-29-21-17-25-26(18-22(21)30-2)38-14-10-34-7-8-36-12-16-40-28-20-24(32-4)23(31-3)19-27(28)39-15-11-35-6-5-33-9-13-37-25/h17-20H,5-16H2,1-4H3. The number of benzene rings is 2. The van der Waals surface area contributed by atoms with Gasteiger partial charge >= 0.3 is 0 Å². The van der Waals surface area contributed by atoms with Crippen LogP contribution in [0.3, 0.4) is 0 Å². The molecule has 0 radical (unpaired) electrons. The Kier molecular flexibility index (Phi) is 14.1. The lowest BCUT2D eigenvalue weighted by atomic mass is 10.2. The lowest BCUT2D eigenvalue weighted by Crippen LogP contribution is -2.15. The first kappa shape index (κ1) is 31.2. The van der Waals surface area contributed by atoms with Crippen LogP contribution in [0.2, 0.25) is 0 Å². The Hall–Kier alpha value is -3.32. The molecule has 1 aliphatic heterocycles. The summed E-state index contributed by atoms with van der Waals surface area (Å²) in [5.41, 5.74) is 0. The third kappa shape index (κ3) is 10.0. The van der Waals surface area contributed by atoms with E-state index >= 15 is 0 Å². The largest absolute Gasteiger partial charge is 0.493 e. The van der Waals surface area contributed by atoms with E-state index in [1.54, 1.807) is 52.7 Å². The zero-order valence-electron chi connectivity index (χ0n) is 23.7. The van der Waals surface area contributed by atoms with E-state index in [0.29, 0.717) is 125 Å². The van der Waals surface area contributed by atoms with E-state index in [1.165, 1.54) is 0 Å². The van der Waals surface area contributed by atoms with Crippen molar-refractivity contribution in [3.8, 4) is 46.0 Å². The molecule has 0 aromatic heterocycles. The predicted molar refractivity (Wildman–Crippen MR) is 144 cm³/mol. The van der Waals surface area contributed by atoms with Gasteiger partial charge in [-0.3, -0.25) is 0 Å². The minimum absolute atomic E-state index is 0.310. The highest BCUT2D eigenvalue weighted by Crippen LogP contribution is 2.40. The van der Waals surface area contributed by atoms with E-state index in [4.69, 9.17) is 56.8 Å². The van der Waals surface area contributed by atoms with Gasteiger partial charge in [0.05, 0.1) is 81.3 Å². The molecule has 2 aromatic carbocycles. The van der Waals surface area contributed by atoms with E-state index in [0.717, 1.165) is 0 Å². The van der Waals surface area contributed by atoms with Crippen molar-refractivity contribution in [1.82, 2.24) is 0 Å². The van der Waals surface area contributed by atoms with Crippen molar-refractivity contribution in [1.29, 1.82) is 0 Å². The average molecular weight is 569 g/mol. The molecule has 1 aliphatic rings. The maximum atomic E-state index is 5.90. The molecule has 0 atom stereocenters. The van der Waals surface area contributed by atoms with Crippen molar-refractivity contribution >= 4 is 0 Å².